The molecule has 0 saturated heterocycles. The van der Waals surface area contributed by atoms with Gasteiger partial charge in [-0.3, -0.25) is 4.79 Å². The van der Waals surface area contributed by atoms with Crippen molar-refractivity contribution in [3.8, 4) is 5.75 Å². The highest BCUT2D eigenvalue weighted by atomic mass is 16.5. The lowest BCUT2D eigenvalue weighted by Gasteiger charge is -2.31. The molecule has 5 rings (SSSR count). The summed E-state index contributed by atoms with van der Waals surface area (Å²) in [6.07, 6.45) is 8.12. The summed E-state index contributed by atoms with van der Waals surface area (Å²) in [7, 11) is 3.30. The molecule has 180 valence electrons. The van der Waals surface area contributed by atoms with Crippen molar-refractivity contribution < 1.29 is 19.4 Å². The zero-order chi connectivity index (χ0) is 24.5. The van der Waals surface area contributed by atoms with Gasteiger partial charge in [-0.15, -0.1) is 13.2 Å². The number of carbonyl (C=O) groups is 2. The van der Waals surface area contributed by atoms with Crippen LogP contribution in [0.4, 0.5) is 23.1 Å². The lowest BCUT2D eigenvalue weighted by molar-refractivity contribution is -0.122. The minimum Gasteiger partial charge on any atom is -0.495 e. The van der Waals surface area contributed by atoms with Crippen molar-refractivity contribution in [2.45, 2.75) is 44.6 Å². The van der Waals surface area contributed by atoms with E-state index in [0.29, 0.717) is 30.0 Å². The van der Waals surface area contributed by atoms with Crippen molar-refractivity contribution in [3.05, 3.63) is 43.1 Å². The van der Waals surface area contributed by atoms with Crippen LogP contribution in [0.1, 0.15) is 48.9 Å². The van der Waals surface area contributed by atoms with Crippen LogP contribution in [0.15, 0.2) is 37.6 Å². The fraction of sp³-hybridized carbons (Fsp3) is 0.440. The summed E-state index contributed by atoms with van der Waals surface area (Å²) >= 11 is 0. The Bertz CT molecular complexity index is 1090. The second kappa shape index (κ2) is 9.32. The molecule has 0 bridgehead atoms. The Hall–Kier alpha value is -3.62. The van der Waals surface area contributed by atoms with E-state index in [1.54, 1.807) is 17.2 Å². The summed E-state index contributed by atoms with van der Waals surface area (Å²) in [5.41, 5.74) is 1.13. The van der Waals surface area contributed by atoms with Crippen molar-refractivity contribution in [2.75, 3.05) is 35.8 Å². The molecule has 9 heteroatoms. The van der Waals surface area contributed by atoms with E-state index in [-0.39, 0.29) is 16.9 Å². The molecule has 2 aliphatic carbocycles. The SMILES string of the molecule is C=C.COc1cc(C(=O)O)ccc1Nc1ncc2c(n1)N(C1CCCC1)CC1(CC1)C(=O)N2C. The standard InChI is InChI=1S/C23H27N5O4.C2H4/c1-27-17-12-24-22(25-16-8-7-14(20(29)30)11-18(16)32-2)26-19(17)28(15-5-3-4-6-15)13-23(9-10-23)21(27)31;1-2/h7-8,11-12,15H,3-6,9-10,13H2,1-2H3,(H,29,30)(H,24,25,26);1-2H2. The first-order valence-electron chi connectivity index (χ1n) is 11.5. The Balaban J connectivity index is 0.00000133. The highest BCUT2D eigenvalue weighted by molar-refractivity contribution is 6.02. The van der Waals surface area contributed by atoms with Gasteiger partial charge < -0.3 is 25.0 Å². The Morgan fingerprint density at radius 2 is 1.97 bits per heavy atom. The van der Waals surface area contributed by atoms with Crippen LogP contribution in [0.3, 0.4) is 0 Å². The molecule has 0 atom stereocenters. The van der Waals surface area contributed by atoms with Gasteiger partial charge in [0.15, 0.2) is 5.82 Å². The fourth-order valence-corrected chi connectivity index (χ4v) is 4.90. The van der Waals surface area contributed by atoms with E-state index >= 15 is 0 Å². The van der Waals surface area contributed by atoms with Gasteiger partial charge in [-0.05, 0) is 43.9 Å². The van der Waals surface area contributed by atoms with Crippen molar-refractivity contribution in [1.29, 1.82) is 0 Å². The van der Waals surface area contributed by atoms with Gasteiger partial charge in [0.25, 0.3) is 0 Å². The number of anilines is 4. The number of carboxylic acid groups (broad SMARTS) is 1. The summed E-state index contributed by atoms with van der Waals surface area (Å²) in [5.74, 6) is 0.663. The van der Waals surface area contributed by atoms with E-state index in [1.807, 2.05) is 7.05 Å². The van der Waals surface area contributed by atoms with Gasteiger partial charge in [0.2, 0.25) is 11.9 Å². The van der Waals surface area contributed by atoms with E-state index < -0.39 is 5.97 Å². The van der Waals surface area contributed by atoms with E-state index in [4.69, 9.17) is 9.72 Å². The Morgan fingerprint density at radius 1 is 1.26 bits per heavy atom. The molecule has 34 heavy (non-hydrogen) atoms. The first-order valence-corrected chi connectivity index (χ1v) is 11.5. The molecule has 2 N–H and O–H groups in total. The lowest BCUT2D eigenvalue weighted by Crippen LogP contribution is -2.41. The number of hydrogen-bond donors (Lipinski definition) is 2. The summed E-state index contributed by atoms with van der Waals surface area (Å²) in [5, 5.41) is 12.4. The average molecular weight is 466 g/mol. The van der Waals surface area contributed by atoms with Gasteiger partial charge in [-0.25, -0.2) is 9.78 Å². The number of benzene rings is 1. The molecule has 1 aliphatic heterocycles. The third-order valence-corrected chi connectivity index (χ3v) is 6.93. The Morgan fingerprint density at radius 3 is 2.59 bits per heavy atom. The quantitative estimate of drug-likeness (QED) is 0.632. The van der Waals surface area contributed by atoms with Crippen LogP contribution in [0.2, 0.25) is 0 Å². The van der Waals surface area contributed by atoms with Crippen LogP contribution in [0, 0.1) is 5.41 Å². The van der Waals surface area contributed by atoms with E-state index in [2.05, 4.69) is 28.4 Å². The van der Waals surface area contributed by atoms with Crippen molar-refractivity contribution in [2.24, 2.45) is 5.41 Å². The number of nitrogens with one attached hydrogen (secondary N) is 1. The molecule has 2 saturated carbocycles. The minimum absolute atomic E-state index is 0.137. The predicted octanol–water partition coefficient (Wildman–Crippen LogP) is 4.23. The molecule has 1 aromatic carbocycles. The van der Waals surface area contributed by atoms with Gasteiger partial charge >= 0.3 is 5.97 Å². The van der Waals surface area contributed by atoms with Crippen LogP contribution in [0.25, 0.3) is 0 Å². The molecular weight excluding hydrogens is 434 g/mol. The normalized spacial score (nSPS) is 18.6. The van der Waals surface area contributed by atoms with Crippen LogP contribution in [-0.2, 0) is 4.79 Å². The molecule has 3 aliphatic rings. The number of aromatic carboxylic acids is 1. The Labute approximate surface area is 199 Å². The van der Waals surface area contributed by atoms with Gasteiger partial charge in [0.05, 0.1) is 30.0 Å². The van der Waals surface area contributed by atoms with Gasteiger partial charge in [0.1, 0.15) is 11.4 Å². The molecule has 1 amide bonds. The minimum atomic E-state index is -1.02. The zero-order valence-corrected chi connectivity index (χ0v) is 19.7. The number of aromatic nitrogens is 2. The van der Waals surface area contributed by atoms with Crippen molar-refractivity contribution in [1.82, 2.24) is 9.97 Å². The molecule has 1 spiro atoms. The number of methoxy groups -OCH3 is 1. The molecular formula is C25H31N5O4. The fourth-order valence-electron chi connectivity index (χ4n) is 4.90. The predicted molar refractivity (Wildman–Crippen MR) is 131 cm³/mol. The van der Waals surface area contributed by atoms with Crippen LogP contribution < -0.4 is 19.9 Å². The first kappa shape index (κ1) is 23.5. The molecule has 0 unspecified atom stereocenters. The maximum Gasteiger partial charge on any atom is 0.335 e. The number of nitrogens with zero attached hydrogens (tertiary/aromatic N) is 4. The zero-order valence-electron chi connectivity index (χ0n) is 19.7. The summed E-state index contributed by atoms with van der Waals surface area (Å²) in [4.78, 5) is 37.8. The van der Waals surface area contributed by atoms with Gasteiger partial charge in [0, 0.05) is 19.6 Å². The number of ether oxygens (including phenoxy) is 1. The maximum atomic E-state index is 13.2. The number of fused-ring (bicyclic) bond motifs is 1. The second-order valence-electron chi connectivity index (χ2n) is 8.96. The monoisotopic (exact) mass is 465 g/mol. The highest BCUT2D eigenvalue weighted by Crippen LogP contribution is 2.52. The van der Waals surface area contributed by atoms with Gasteiger partial charge in [-0.2, -0.15) is 4.98 Å². The molecule has 2 aromatic rings. The number of hydrogen-bond acceptors (Lipinski definition) is 7. The summed E-state index contributed by atoms with van der Waals surface area (Å²) in [6.45, 7) is 6.70. The molecule has 2 heterocycles. The average Bonchev–Trinajstić information content (AvgIpc) is 3.46. The van der Waals surface area contributed by atoms with Crippen LogP contribution in [-0.4, -0.2) is 53.7 Å². The molecule has 9 nitrogen and oxygen atoms in total. The van der Waals surface area contributed by atoms with E-state index in [0.717, 1.165) is 37.2 Å². The van der Waals surface area contributed by atoms with E-state index in [9.17, 15) is 14.7 Å². The molecule has 1 aromatic heterocycles. The molecule has 2 fully saturated rings. The summed E-state index contributed by atoms with van der Waals surface area (Å²) < 4.78 is 5.37. The second-order valence-corrected chi connectivity index (χ2v) is 8.96. The largest absolute Gasteiger partial charge is 0.495 e. The third-order valence-electron chi connectivity index (χ3n) is 6.93. The van der Waals surface area contributed by atoms with E-state index in [1.165, 1.54) is 32.1 Å². The summed E-state index contributed by atoms with van der Waals surface area (Å²) in [6, 6.07) is 4.98. The number of amides is 1. The molecule has 0 radical (unpaired) electrons. The number of carboxylic acids is 1. The topological polar surface area (TPSA) is 108 Å². The first-order chi connectivity index (χ1) is 16.4. The van der Waals surface area contributed by atoms with Gasteiger partial charge in [-0.1, -0.05) is 12.8 Å². The third kappa shape index (κ3) is 4.18. The lowest BCUT2D eigenvalue weighted by atomic mass is 10.0. The maximum absolute atomic E-state index is 13.2. The highest BCUT2D eigenvalue weighted by Gasteiger charge is 2.55. The number of rotatable bonds is 5. The smallest absolute Gasteiger partial charge is 0.335 e. The van der Waals surface area contributed by atoms with Crippen LogP contribution in [0.5, 0.6) is 5.75 Å². The number of carbonyl (C=O) groups excluding carboxylic acids is 1. The Kier molecular flexibility index (Phi) is 6.45. The van der Waals surface area contributed by atoms with Crippen LogP contribution >= 0.6 is 0 Å². The van der Waals surface area contributed by atoms with Crippen molar-refractivity contribution >= 4 is 35.0 Å². The van der Waals surface area contributed by atoms with Crippen molar-refractivity contribution in [3.63, 3.8) is 0 Å².